The Bertz CT molecular complexity index is 286. The summed E-state index contributed by atoms with van der Waals surface area (Å²) in [6.07, 6.45) is 4.03. The molecular weight excluding hydrogens is 177 g/mol. The fourth-order valence-electron chi connectivity index (χ4n) is 1.20. The van der Waals surface area contributed by atoms with Gasteiger partial charge in [0.1, 0.15) is 5.82 Å². The molecule has 0 aromatic heterocycles. The van der Waals surface area contributed by atoms with Crippen molar-refractivity contribution in [2.24, 2.45) is 0 Å². The molecule has 0 spiro atoms. The van der Waals surface area contributed by atoms with E-state index in [0.717, 1.165) is 18.7 Å². The third kappa shape index (κ3) is 3.21. The van der Waals surface area contributed by atoms with Crippen molar-refractivity contribution < 1.29 is 4.39 Å². The lowest BCUT2D eigenvalue weighted by atomic mass is 10.2. The molecule has 1 nitrogen and oxygen atoms in total. The second-order valence-electron chi connectivity index (χ2n) is 3.09. The number of benzene rings is 1. The van der Waals surface area contributed by atoms with Gasteiger partial charge < -0.3 is 4.90 Å². The Kier molecular flexibility index (Phi) is 4.17. The van der Waals surface area contributed by atoms with Crippen LogP contribution < -0.4 is 0 Å². The third-order valence-electron chi connectivity index (χ3n) is 2.16. The first kappa shape index (κ1) is 10.8. The number of hydrogen-bond donors (Lipinski definition) is 0. The molecule has 0 aliphatic carbocycles. The van der Waals surface area contributed by atoms with Gasteiger partial charge in [0.15, 0.2) is 0 Å². The zero-order valence-corrected chi connectivity index (χ0v) is 8.70. The molecular formula is C12H16FN. The van der Waals surface area contributed by atoms with E-state index in [2.05, 4.69) is 18.7 Å². The first-order valence-electron chi connectivity index (χ1n) is 4.94. The summed E-state index contributed by atoms with van der Waals surface area (Å²) >= 11 is 0. The van der Waals surface area contributed by atoms with Crippen molar-refractivity contribution in [1.29, 1.82) is 0 Å². The highest BCUT2D eigenvalue weighted by molar-refractivity contribution is 5.48. The lowest BCUT2D eigenvalue weighted by Crippen LogP contribution is -2.14. The van der Waals surface area contributed by atoms with Gasteiger partial charge in [-0.1, -0.05) is 12.1 Å². The van der Waals surface area contributed by atoms with Crippen LogP contribution in [0.4, 0.5) is 4.39 Å². The van der Waals surface area contributed by atoms with Gasteiger partial charge >= 0.3 is 0 Å². The van der Waals surface area contributed by atoms with Gasteiger partial charge in [0.05, 0.1) is 0 Å². The first-order chi connectivity index (χ1) is 6.76. The van der Waals surface area contributed by atoms with Crippen molar-refractivity contribution in [3.8, 4) is 0 Å². The van der Waals surface area contributed by atoms with Gasteiger partial charge in [0, 0.05) is 13.1 Å². The van der Waals surface area contributed by atoms with E-state index in [1.807, 2.05) is 12.3 Å². The summed E-state index contributed by atoms with van der Waals surface area (Å²) in [5, 5.41) is 0. The molecule has 2 heteroatoms. The minimum Gasteiger partial charge on any atom is -0.378 e. The normalized spacial score (nSPS) is 10.8. The number of hydrogen-bond acceptors (Lipinski definition) is 1. The first-order valence-corrected chi connectivity index (χ1v) is 4.94. The average Bonchev–Trinajstić information content (AvgIpc) is 2.22. The molecule has 0 fully saturated rings. The van der Waals surface area contributed by atoms with Gasteiger partial charge in [0.2, 0.25) is 0 Å². The van der Waals surface area contributed by atoms with Crippen LogP contribution >= 0.6 is 0 Å². The Morgan fingerprint density at radius 3 is 2.21 bits per heavy atom. The van der Waals surface area contributed by atoms with Crippen LogP contribution in [0.2, 0.25) is 0 Å². The fourth-order valence-corrected chi connectivity index (χ4v) is 1.20. The molecule has 0 saturated heterocycles. The quantitative estimate of drug-likeness (QED) is 0.710. The molecule has 0 N–H and O–H groups in total. The van der Waals surface area contributed by atoms with Crippen LogP contribution in [0.3, 0.4) is 0 Å². The summed E-state index contributed by atoms with van der Waals surface area (Å²) in [4.78, 5) is 2.18. The Labute approximate surface area is 84.9 Å². The maximum absolute atomic E-state index is 12.6. The molecule has 0 aliphatic heterocycles. The zero-order chi connectivity index (χ0) is 10.4. The van der Waals surface area contributed by atoms with Gasteiger partial charge in [-0.2, -0.15) is 0 Å². The lowest BCUT2D eigenvalue weighted by Gasteiger charge is -2.14. The minimum atomic E-state index is -0.190. The summed E-state index contributed by atoms with van der Waals surface area (Å²) in [7, 11) is 0. The maximum atomic E-state index is 12.6. The summed E-state index contributed by atoms with van der Waals surface area (Å²) in [5.74, 6) is -0.190. The van der Waals surface area contributed by atoms with Gasteiger partial charge in [-0.05, 0) is 43.8 Å². The molecule has 0 radical (unpaired) electrons. The topological polar surface area (TPSA) is 3.24 Å². The van der Waals surface area contributed by atoms with Crippen LogP contribution in [0.15, 0.2) is 30.5 Å². The second-order valence-corrected chi connectivity index (χ2v) is 3.09. The summed E-state index contributed by atoms with van der Waals surface area (Å²) in [5.41, 5.74) is 1.03. The Morgan fingerprint density at radius 1 is 1.14 bits per heavy atom. The summed E-state index contributed by atoms with van der Waals surface area (Å²) in [6, 6.07) is 6.49. The maximum Gasteiger partial charge on any atom is 0.123 e. The zero-order valence-electron chi connectivity index (χ0n) is 8.70. The Hall–Kier alpha value is -1.31. The molecule has 1 rings (SSSR count). The van der Waals surface area contributed by atoms with Crippen molar-refractivity contribution in [2.75, 3.05) is 13.1 Å². The van der Waals surface area contributed by atoms with Crippen LogP contribution in [0.25, 0.3) is 6.08 Å². The largest absolute Gasteiger partial charge is 0.378 e. The van der Waals surface area contributed by atoms with Crippen LogP contribution in [0.1, 0.15) is 19.4 Å². The van der Waals surface area contributed by atoms with E-state index >= 15 is 0 Å². The van der Waals surface area contributed by atoms with Crippen molar-refractivity contribution >= 4 is 6.08 Å². The monoisotopic (exact) mass is 193 g/mol. The highest BCUT2D eigenvalue weighted by Crippen LogP contribution is 2.05. The molecule has 0 heterocycles. The van der Waals surface area contributed by atoms with E-state index in [4.69, 9.17) is 0 Å². The predicted molar refractivity (Wildman–Crippen MR) is 58.4 cm³/mol. The minimum absolute atomic E-state index is 0.190. The highest BCUT2D eigenvalue weighted by atomic mass is 19.1. The van der Waals surface area contributed by atoms with Crippen molar-refractivity contribution in [3.63, 3.8) is 0 Å². The summed E-state index contributed by atoms with van der Waals surface area (Å²) in [6.45, 7) is 6.21. The Morgan fingerprint density at radius 2 is 1.71 bits per heavy atom. The molecule has 0 saturated carbocycles. The van der Waals surface area contributed by atoms with E-state index < -0.39 is 0 Å². The van der Waals surface area contributed by atoms with Crippen molar-refractivity contribution in [3.05, 3.63) is 41.8 Å². The lowest BCUT2D eigenvalue weighted by molar-refractivity contribution is 0.421. The number of halogens is 1. The highest BCUT2D eigenvalue weighted by Gasteiger charge is 1.91. The van der Waals surface area contributed by atoms with Crippen LogP contribution in [0, 0.1) is 5.82 Å². The van der Waals surface area contributed by atoms with Crippen LogP contribution in [-0.4, -0.2) is 18.0 Å². The molecule has 0 bridgehead atoms. The predicted octanol–water partition coefficient (Wildman–Crippen LogP) is 3.14. The fraction of sp³-hybridized carbons (Fsp3) is 0.333. The van der Waals surface area contributed by atoms with Crippen LogP contribution in [-0.2, 0) is 0 Å². The van der Waals surface area contributed by atoms with Gasteiger partial charge in [0.25, 0.3) is 0 Å². The number of nitrogens with zero attached hydrogens (tertiary/aromatic N) is 1. The van der Waals surface area contributed by atoms with E-state index in [1.165, 1.54) is 12.1 Å². The van der Waals surface area contributed by atoms with Gasteiger partial charge in [-0.15, -0.1) is 0 Å². The SMILES string of the molecule is CCN(C=Cc1ccc(F)cc1)CC. The van der Waals surface area contributed by atoms with Crippen molar-refractivity contribution in [1.82, 2.24) is 4.90 Å². The van der Waals surface area contributed by atoms with E-state index in [-0.39, 0.29) is 5.82 Å². The molecule has 0 aliphatic rings. The molecule has 1 aromatic rings. The second kappa shape index (κ2) is 5.43. The van der Waals surface area contributed by atoms with Crippen LogP contribution in [0.5, 0.6) is 0 Å². The van der Waals surface area contributed by atoms with E-state index in [1.54, 1.807) is 12.1 Å². The van der Waals surface area contributed by atoms with Gasteiger partial charge in [-0.3, -0.25) is 0 Å². The molecule has 0 amide bonds. The molecule has 0 unspecified atom stereocenters. The standard InChI is InChI=1S/C12H16FN/c1-3-14(4-2)10-9-11-5-7-12(13)8-6-11/h5-10H,3-4H2,1-2H3. The molecule has 14 heavy (non-hydrogen) atoms. The molecule has 0 atom stereocenters. The van der Waals surface area contributed by atoms with Crippen molar-refractivity contribution in [2.45, 2.75) is 13.8 Å². The molecule has 1 aromatic carbocycles. The molecule has 76 valence electrons. The average molecular weight is 193 g/mol. The summed E-state index contributed by atoms with van der Waals surface area (Å²) < 4.78 is 12.6. The van der Waals surface area contributed by atoms with Gasteiger partial charge in [-0.25, -0.2) is 4.39 Å². The third-order valence-corrected chi connectivity index (χ3v) is 2.16. The van der Waals surface area contributed by atoms with E-state index in [0.29, 0.717) is 0 Å². The Balaban J connectivity index is 2.63. The van der Waals surface area contributed by atoms with E-state index in [9.17, 15) is 4.39 Å². The number of rotatable bonds is 4. The smallest absolute Gasteiger partial charge is 0.123 e.